The van der Waals surface area contributed by atoms with Crippen molar-refractivity contribution in [2.75, 3.05) is 30.8 Å². The summed E-state index contributed by atoms with van der Waals surface area (Å²) in [5, 5.41) is 0.758. The van der Waals surface area contributed by atoms with Gasteiger partial charge in [-0.2, -0.15) is 0 Å². The minimum Gasteiger partial charge on any atom is -0.379 e. The number of benzene rings is 1. The standard InChI is InChI=1S/C12H18BrNO3S/c13-7-9-17-10-8-14-18(15,16)11-6-12-4-2-1-3-5-12/h1-5,14H,6-11H2. The lowest BCUT2D eigenvalue weighted by molar-refractivity contribution is 0.156. The van der Waals surface area contributed by atoms with Crippen molar-refractivity contribution in [2.24, 2.45) is 0 Å². The van der Waals surface area contributed by atoms with Crippen LogP contribution in [0.4, 0.5) is 0 Å². The van der Waals surface area contributed by atoms with Crippen molar-refractivity contribution >= 4 is 26.0 Å². The Morgan fingerprint density at radius 2 is 1.89 bits per heavy atom. The number of alkyl halides is 1. The first-order chi connectivity index (χ1) is 8.64. The summed E-state index contributed by atoms with van der Waals surface area (Å²) >= 11 is 3.23. The van der Waals surface area contributed by atoms with Gasteiger partial charge < -0.3 is 4.74 Å². The number of nitrogens with one attached hydrogen (secondary N) is 1. The van der Waals surface area contributed by atoms with Crippen molar-refractivity contribution in [1.82, 2.24) is 4.72 Å². The summed E-state index contributed by atoms with van der Waals surface area (Å²) in [7, 11) is -3.21. The Hall–Kier alpha value is -0.430. The van der Waals surface area contributed by atoms with Crippen LogP contribution in [0.5, 0.6) is 0 Å². The van der Waals surface area contributed by atoms with Gasteiger partial charge in [0.25, 0.3) is 0 Å². The molecule has 1 rings (SSSR count). The van der Waals surface area contributed by atoms with E-state index in [1.807, 2.05) is 30.3 Å². The second kappa shape index (κ2) is 8.63. The number of hydrogen-bond acceptors (Lipinski definition) is 3. The molecule has 1 N–H and O–H groups in total. The van der Waals surface area contributed by atoms with Gasteiger partial charge in [0.1, 0.15) is 0 Å². The van der Waals surface area contributed by atoms with Crippen LogP contribution < -0.4 is 4.72 Å². The zero-order chi connectivity index (χ0) is 13.3. The zero-order valence-electron chi connectivity index (χ0n) is 10.1. The maximum atomic E-state index is 11.7. The summed E-state index contributed by atoms with van der Waals surface area (Å²) in [4.78, 5) is 0. The van der Waals surface area contributed by atoms with Crippen LogP contribution in [0.2, 0.25) is 0 Å². The van der Waals surface area contributed by atoms with Crippen LogP contribution in [-0.2, 0) is 21.2 Å². The number of hydrogen-bond donors (Lipinski definition) is 1. The average Bonchev–Trinajstić information content (AvgIpc) is 2.38. The Labute approximate surface area is 117 Å². The van der Waals surface area contributed by atoms with Crippen molar-refractivity contribution in [3.05, 3.63) is 35.9 Å². The molecule has 0 bridgehead atoms. The third-order valence-electron chi connectivity index (χ3n) is 2.29. The van der Waals surface area contributed by atoms with E-state index < -0.39 is 10.0 Å². The highest BCUT2D eigenvalue weighted by Crippen LogP contribution is 2.01. The van der Waals surface area contributed by atoms with Crippen LogP contribution >= 0.6 is 15.9 Å². The van der Waals surface area contributed by atoms with E-state index in [-0.39, 0.29) is 5.75 Å². The van der Waals surface area contributed by atoms with Crippen molar-refractivity contribution in [2.45, 2.75) is 6.42 Å². The highest BCUT2D eigenvalue weighted by Gasteiger charge is 2.09. The Morgan fingerprint density at radius 1 is 1.17 bits per heavy atom. The first-order valence-corrected chi connectivity index (χ1v) is 8.56. The summed E-state index contributed by atoms with van der Waals surface area (Å²) in [5.74, 6) is 0.107. The topological polar surface area (TPSA) is 55.4 Å². The molecule has 0 amide bonds. The Kier molecular flexibility index (Phi) is 7.50. The highest BCUT2D eigenvalue weighted by atomic mass is 79.9. The number of rotatable bonds is 9. The van der Waals surface area contributed by atoms with Gasteiger partial charge in [0, 0.05) is 11.9 Å². The maximum Gasteiger partial charge on any atom is 0.211 e. The predicted molar refractivity (Wildman–Crippen MR) is 76.5 cm³/mol. The van der Waals surface area contributed by atoms with E-state index in [0.29, 0.717) is 26.2 Å². The van der Waals surface area contributed by atoms with Crippen LogP contribution in [0.1, 0.15) is 5.56 Å². The van der Waals surface area contributed by atoms with E-state index in [4.69, 9.17) is 4.74 Å². The molecule has 4 nitrogen and oxygen atoms in total. The van der Waals surface area contributed by atoms with E-state index >= 15 is 0 Å². The van der Waals surface area contributed by atoms with Gasteiger partial charge in [-0.25, -0.2) is 13.1 Å². The van der Waals surface area contributed by atoms with Crippen LogP contribution in [-0.4, -0.2) is 39.3 Å². The third-order valence-corrected chi connectivity index (χ3v) is 4.00. The quantitative estimate of drug-likeness (QED) is 0.550. The number of ether oxygens (including phenoxy) is 1. The summed E-state index contributed by atoms with van der Waals surface area (Å²) in [6, 6.07) is 9.58. The molecule has 0 saturated carbocycles. The summed E-state index contributed by atoms with van der Waals surface area (Å²) in [6.45, 7) is 1.31. The molecule has 1 aromatic carbocycles. The van der Waals surface area contributed by atoms with E-state index in [1.54, 1.807) is 0 Å². The molecule has 102 valence electrons. The molecule has 1 aromatic rings. The van der Waals surface area contributed by atoms with Gasteiger partial charge in [-0.3, -0.25) is 0 Å². The third kappa shape index (κ3) is 7.10. The molecular weight excluding hydrogens is 318 g/mol. The fraction of sp³-hybridized carbons (Fsp3) is 0.500. The van der Waals surface area contributed by atoms with Gasteiger partial charge in [0.15, 0.2) is 0 Å². The van der Waals surface area contributed by atoms with Gasteiger partial charge in [-0.1, -0.05) is 46.3 Å². The fourth-order valence-electron chi connectivity index (χ4n) is 1.40. The molecule has 0 heterocycles. The Bertz CT molecular complexity index is 422. The summed E-state index contributed by atoms with van der Waals surface area (Å²) < 4.78 is 31.0. The SMILES string of the molecule is O=S(=O)(CCc1ccccc1)NCCOCCBr. The zero-order valence-corrected chi connectivity index (χ0v) is 12.5. The van der Waals surface area contributed by atoms with Gasteiger partial charge >= 0.3 is 0 Å². The largest absolute Gasteiger partial charge is 0.379 e. The second-order valence-electron chi connectivity index (χ2n) is 3.75. The lowest BCUT2D eigenvalue weighted by atomic mass is 10.2. The summed E-state index contributed by atoms with van der Waals surface area (Å²) in [5.41, 5.74) is 1.03. The molecule has 0 radical (unpaired) electrons. The molecular formula is C12H18BrNO3S. The van der Waals surface area contributed by atoms with Crippen molar-refractivity contribution in [1.29, 1.82) is 0 Å². The van der Waals surface area contributed by atoms with Crippen molar-refractivity contribution < 1.29 is 13.2 Å². The first-order valence-electron chi connectivity index (χ1n) is 5.79. The normalized spacial score (nSPS) is 11.6. The van der Waals surface area contributed by atoms with Gasteiger partial charge in [0.05, 0.1) is 19.0 Å². The molecule has 0 aliphatic heterocycles. The van der Waals surface area contributed by atoms with Crippen molar-refractivity contribution in [3.8, 4) is 0 Å². The monoisotopic (exact) mass is 335 g/mol. The number of sulfonamides is 1. The van der Waals surface area contributed by atoms with Crippen molar-refractivity contribution in [3.63, 3.8) is 0 Å². The number of aryl methyl sites for hydroxylation is 1. The van der Waals surface area contributed by atoms with Gasteiger partial charge in [-0.05, 0) is 12.0 Å². The van der Waals surface area contributed by atoms with E-state index in [9.17, 15) is 8.42 Å². The van der Waals surface area contributed by atoms with Crippen LogP contribution in [0.3, 0.4) is 0 Å². The molecule has 0 aliphatic carbocycles. The smallest absolute Gasteiger partial charge is 0.211 e. The average molecular weight is 336 g/mol. The lowest BCUT2D eigenvalue weighted by Crippen LogP contribution is -2.30. The molecule has 0 aromatic heterocycles. The van der Waals surface area contributed by atoms with Crippen LogP contribution in [0.15, 0.2) is 30.3 Å². The van der Waals surface area contributed by atoms with Crippen LogP contribution in [0.25, 0.3) is 0 Å². The molecule has 0 saturated heterocycles. The molecule has 0 atom stereocenters. The molecule has 18 heavy (non-hydrogen) atoms. The Balaban J connectivity index is 2.23. The molecule has 0 spiro atoms. The Morgan fingerprint density at radius 3 is 2.56 bits per heavy atom. The first kappa shape index (κ1) is 15.6. The van der Waals surface area contributed by atoms with E-state index in [0.717, 1.165) is 10.9 Å². The maximum absolute atomic E-state index is 11.7. The minimum absolute atomic E-state index is 0.107. The molecule has 6 heteroatoms. The van der Waals surface area contributed by atoms with Gasteiger partial charge in [-0.15, -0.1) is 0 Å². The van der Waals surface area contributed by atoms with Crippen LogP contribution in [0, 0.1) is 0 Å². The predicted octanol–water partition coefficient (Wildman–Crippen LogP) is 1.56. The number of halogens is 1. The summed E-state index contributed by atoms with van der Waals surface area (Å²) in [6.07, 6.45) is 0.526. The fourth-order valence-corrected chi connectivity index (χ4v) is 2.67. The lowest BCUT2D eigenvalue weighted by Gasteiger charge is -2.07. The minimum atomic E-state index is -3.21. The molecule has 0 fully saturated rings. The van der Waals surface area contributed by atoms with E-state index in [1.165, 1.54) is 0 Å². The highest BCUT2D eigenvalue weighted by molar-refractivity contribution is 9.09. The van der Waals surface area contributed by atoms with Gasteiger partial charge in [0.2, 0.25) is 10.0 Å². The van der Waals surface area contributed by atoms with E-state index in [2.05, 4.69) is 20.7 Å². The molecule has 0 unspecified atom stereocenters. The molecule has 0 aliphatic rings. The second-order valence-corrected chi connectivity index (χ2v) is 6.47.